The minimum atomic E-state index is -0.0393. The Kier molecular flexibility index (Phi) is 4.02. The molecule has 0 bridgehead atoms. The molecule has 4 rings (SSSR count). The highest BCUT2D eigenvalue weighted by atomic mass is 16.5. The molecule has 2 fully saturated rings. The van der Waals surface area contributed by atoms with Gasteiger partial charge in [0.05, 0.1) is 23.6 Å². The van der Waals surface area contributed by atoms with Crippen LogP contribution in [0.2, 0.25) is 0 Å². The number of likely N-dealkylation sites (tertiary alicyclic amines) is 1. The summed E-state index contributed by atoms with van der Waals surface area (Å²) in [5.41, 5.74) is 2.28. The zero-order chi connectivity index (χ0) is 16.6. The molecule has 0 radical (unpaired) electrons. The van der Waals surface area contributed by atoms with Crippen molar-refractivity contribution in [3.63, 3.8) is 0 Å². The molecule has 0 aromatic carbocycles. The van der Waals surface area contributed by atoms with Gasteiger partial charge in [0.15, 0.2) is 0 Å². The Morgan fingerprint density at radius 1 is 1.38 bits per heavy atom. The van der Waals surface area contributed by atoms with Crippen molar-refractivity contribution in [3.8, 4) is 5.88 Å². The van der Waals surface area contributed by atoms with Crippen LogP contribution in [0, 0.1) is 12.8 Å². The molecule has 24 heavy (non-hydrogen) atoms. The molecular formula is C18H24N4O2. The first kappa shape index (κ1) is 15.6. The van der Waals surface area contributed by atoms with Gasteiger partial charge in [-0.3, -0.25) is 9.58 Å². The second kappa shape index (κ2) is 6.18. The van der Waals surface area contributed by atoms with Crippen LogP contribution in [-0.2, 0) is 18.3 Å². The molecule has 6 heteroatoms. The maximum Gasteiger partial charge on any atom is 0.213 e. The molecule has 4 heterocycles. The molecule has 6 nitrogen and oxygen atoms in total. The van der Waals surface area contributed by atoms with E-state index < -0.39 is 0 Å². The number of aromatic nitrogens is 3. The van der Waals surface area contributed by atoms with Gasteiger partial charge < -0.3 is 9.47 Å². The van der Waals surface area contributed by atoms with Gasteiger partial charge in [0.1, 0.15) is 0 Å². The molecule has 2 saturated heterocycles. The maximum atomic E-state index is 6.12. The van der Waals surface area contributed by atoms with E-state index in [0.29, 0.717) is 18.4 Å². The molecule has 128 valence electrons. The van der Waals surface area contributed by atoms with Crippen molar-refractivity contribution < 1.29 is 9.47 Å². The van der Waals surface area contributed by atoms with E-state index in [-0.39, 0.29) is 5.60 Å². The van der Waals surface area contributed by atoms with Crippen LogP contribution in [0.3, 0.4) is 0 Å². The van der Waals surface area contributed by atoms with Crippen LogP contribution in [0.25, 0.3) is 0 Å². The fraction of sp³-hybridized carbons (Fsp3) is 0.556. The lowest BCUT2D eigenvalue weighted by Gasteiger charge is -2.50. The van der Waals surface area contributed by atoms with Gasteiger partial charge in [0, 0.05) is 51.5 Å². The first-order valence-electron chi connectivity index (χ1n) is 8.54. The lowest BCUT2D eigenvalue weighted by Crippen LogP contribution is -2.64. The van der Waals surface area contributed by atoms with E-state index in [4.69, 9.17) is 9.47 Å². The SMILES string of the molecule is Cc1cc(CN2CC3(C2)OCCC3COc2ccccn2)n(C)n1. The highest BCUT2D eigenvalue weighted by Gasteiger charge is 2.53. The van der Waals surface area contributed by atoms with Crippen molar-refractivity contribution >= 4 is 0 Å². The van der Waals surface area contributed by atoms with E-state index in [0.717, 1.165) is 38.4 Å². The van der Waals surface area contributed by atoms with Crippen LogP contribution >= 0.6 is 0 Å². The summed E-state index contributed by atoms with van der Waals surface area (Å²) in [6.07, 6.45) is 2.82. The molecule has 2 aromatic heterocycles. The van der Waals surface area contributed by atoms with Crippen molar-refractivity contribution in [1.29, 1.82) is 0 Å². The zero-order valence-corrected chi connectivity index (χ0v) is 14.3. The average molecular weight is 328 g/mol. The molecule has 1 atom stereocenters. The second-order valence-corrected chi connectivity index (χ2v) is 6.92. The summed E-state index contributed by atoms with van der Waals surface area (Å²) in [6.45, 7) is 6.40. The Morgan fingerprint density at radius 2 is 2.25 bits per heavy atom. The van der Waals surface area contributed by atoms with Gasteiger partial charge in [-0.25, -0.2) is 4.98 Å². The van der Waals surface area contributed by atoms with Crippen molar-refractivity contribution in [3.05, 3.63) is 41.9 Å². The molecule has 0 aliphatic carbocycles. The minimum Gasteiger partial charge on any atom is -0.477 e. The number of hydrogen-bond acceptors (Lipinski definition) is 5. The molecular weight excluding hydrogens is 304 g/mol. The minimum absolute atomic E-state index is 0.0393. The molecule has 1 unspecified atom stereocenters. The number of ether oxygens (including phenoxy) is 2. The predicted molar refractivity (Wildman–Crippen MR) is 89.7 cm³/mol. The van der Waals surface area contributed by atoms with Gasteiger partial charge in [-0.05, 0) is 25.5 Å². The van der Waals surface area contributed by atoms with Crippen LogP contribution in [0.15, 0.2) is 30.5 Å². The first-order valence-corrected chi connectivity index (χ1v) is 8.54. The van der Waals surface area contributed by atoms with Gasteiger partial charge in [-0.15, -0.1) is 0 Å². The van der Waals surface area contributed by atoms with Crippen LogP contribution in [0.4, 0.5) is 0 Å². The molecule has 2 aliphatic rings. The van der Waals surface area contributed by atoms with E-state index in [2.05, 4.69) is 21.0 Å². The van der Waals surface area contributed by atoms with Gasteiger partial charge in [-0.1, -0.05) is 6.07 Å². The molecule has 2 aromatic rings. The third-order valence-corrected chi connectivity index (χ3v) is 5.14. The van der Waals surface area contributed by atoms with E-state index in [1.54, 1.807) is 6.20 Å². The van der Waals surface area contributed by atoms with Gasteiger partial charge in [0.2, 0.25) is 5.88 Å². The normalized spacial score (nSPS) is 22.7. The Labute approximate surface area is 142 Å². The summed E-state index contributed by atoms with van der Waals surface area (Å²) in [5, 5.41) is 4.42. The monoisotopic (exact) mass is 328 g/mol. The first-order chi connectivity index (χ1) is 11.6. The van der Waals surface area contributed by atoms with Crippen LogP contribution in [-0.4, -0.2) is 51.6 Å². The smallest absolute Gasteiger partial charge is 0.213 e. The van der Waals surface area contributed by atoms with E-state index in [1.807, 2.05) is 36.9 Å². The average Bonchev–Trinajstić information content (AvgIpc) is 3.09. The zero-order valence-electron chi connectivity index (χ0n) is 14.3. The third kappa shape index (κ3) is 2.91. The van der Waals surface area contributed by atoms with Gasteiger partial charge >= 0.3 is 0 Å². The van der Waals surface area contributed by atoms with Crippen LogP contribution in [0.1, 0.15) is 17.8 Å². The maximum absolute atomic E-state index is 6.12. The fourth-order valence-corrected chi connectivity index (χ4v) is 3.85. The van der Waals surface area contributed by atoms with Crippen molar-refractivity contribution in [2.75, 3.05) is 26.3 Å². The summed E-state index contributed by atoms with van der Waals surface area (Å²) in [6, 6.07) is 7.91. The number of nitrogens with zero attached hydrogens (tertiary/aromatic N) is 4. The van der Waals surface area contributed by atoms with E-state index >= 15 is 0 Å². The largest absolute Gasteiger partial charge is 0.477 e. The summed E-state index contributed by atoms with van der Waals surface area (Å²) >= 11 is 0. The fourth-order valence-electron chi connectivity index (χ4n) is 3.85. The van der Waals surface area contributed by atoms with Gasteiger partial charge in [-0.2, -0.15) is 5.10 Å². The predicted octanol–water partition coefficient (Wildman–Crippen LogP) is 1.79. The summed E-state index contributed by atoms with van der Waals surface area (Å²) in [7, 11) is 2.01. The summed E-state index contributed by atoms with van der Waals surface area (Å²) in [4.78, 5) is 6.66. The van der Waals surface area contributed by atoms with Crippen LogP contribution in [0.5, 0.6) is 5.88 Å². The third-order valence-electron chi connectivity index (χ3n) is 5.14. The van der Waals surface area contributed by atoms with Crippen molar-refractivity contribution in [2.45, 2.75) is 25.5 Å². The summed E-state index contributed by atoms with van der Waals surface area (Å²) < 4.78 is 14.0. The summed E-state index contributed by atoms with van der Waals surface area (Å²) in [5.74, 6) is 1.13. The van der Waals surface area contributed by atoms with Gasteiger partial charge in [0.25, 0.3) is 0 Å². The molecule has 0 N–H and O–H groups in total. The van der Waals surface area contributed by atoms with Crippen molar-refractivity contribution in [1.82, 2.24) is 19.7 Å². The Morgan fingerprint density at radius 3 is 2.96 bits per heavy atom. The lowest BCUT2D eigenvalue weighted by atomic mass is 9.81. The topological polar surface area (TPSA) is 52.4 Å². The highest BCUT2D eigenvalue weighted by Crippen LogP contribution is 2.40. The van der Waals surface area contributed by atoms with E-state index in [1.165, 1.54) is 5.69 Å². The molecule has 1 spiro atoms. The number of rotatable bonds is 5. The van der Waals surface area contributed by atoms with E-state index in [9.17, 15) is 0 Å². The Bertz CT molecular complexity index is 694. The molecule has 0 amide bonds. The van der Waals surface area contributed by atoms with Crippen LogP contribution < -0.4 is 4.74 Å². The lowest BCUT2D eigenvalue weighted by molar-refractivity contribution is -0.141. The second-order valence-electron chi connectivity index (χ2n) is 6.92. The number of hydrogen-bond donors (Lipinski definition) is 0. The number of pyridine rings is 1. The number of aryl methyl sites for hydroxylation is 2. The standard InChI is InChI=1S/C18H24N4O2/c1-14-9-16(21(2)20-14)10-22-12-18(13-22)15(6-8-24-18)11-23-17-5-3-4-7-19-17/h3-5,7,9,15H,6,8,10-13H2,1-2H3. The quantitative estimate of drug-likeness (QED) is 0.838. The Hall–Kier alpha value is -1.92. The van der Waals surface area contributed by atoms with Crippen molar-refractivity contribution in [2.24, 2.45) is 13.0 Å². The highest BCUT2D eigenvalue weighted by molar-refractivity contribution is 5.13. The molecule has 0 saturated carbocycles. The molecule has 2 aliphatic heterocycles. The Balaban J connectivity index is 1.33.